The van der Waals surface area contributed by atoms with Crippen molar-refractivity contribution >= 4 is 0 Å². The minimum atomic E-state index is 0.0920. The van der Waals surface area contributed by atoms with Gasteiger partial charge in [-0.05, 0) is 50.8 Å². The molecule has 2 heteroatoms. The molecule has 0 spiro atoms. The molecule has 0 aromatic heterocycles. The van der Waals surface area contributed by atoms with Gasteiger partial charge < -0.3 is 5.32 Å². The Morgan fingerprint density at radius 2 is 2.05 bits per heavy atom. The van der Waals surface area contributed by atoms with Gasteiger partial charge in [0.15, 0.2) is 0 Å². The van der Waals surface area contributed by atoms with Gasteiger partial charge in [0, 0.05) is 12.6 Å². The van der Waals surface area contributed by atoms with Crippen LogP contribution >= 0.6 is 0 Å². The highest BCUT2D eigenvalue weighted by atomic mass is 15.2. The lowest BCUT2D eigenvalue weighted by molar-refractivity contribution is 0.146. The standard InChI is InChI=1S/C19H30N2/c1-3-18(14-16-10-11-16)21-13-7-12-20-19(2,15-21)17-8-5-4-6-9-17/h4-6,8-9,16,18,20H,3,7,10-15H2,1-2H3. The van der Waals surface area contributed by atoms with Crippen LogP contribution in [0.1, 0.15) is 51.5 Å². The van der Waals surface area contributed by atoms with Crippen LogP contribution in [0.5, 0.6) is 0 Å². The van der Waals surface area contributed by atoms with Crippen molar-refractivity contribution in [3.63, 3.8) is 0 Å². The molecule has 1 saturated heterocycles. The fraction of sp³-hybridized carbons (Fsp3) is 0.684. The van der Waals surface area contributed by atoms with Crippen molar-refractivity contribution in [1.29, 1.82) is 0 Å². The third-order valence-corrected chi connectivity index (χ3v) is 5.36. The number of hydrogen-bond acceptors (Lipinski definition) is 2. The lowest BCUT2D eigenvalue weighted by Gasteiger charge is -2.38. The molecule has 1 aromatic carbocycles. The second kappa shape index (κ2) is 6.50. The van der Waals surface area contributed by atoms with Gasteiger partial charge in [0.1, 0.15) is 0 Å². The van der Waals surface area contributed by atoms with Crippen LogP contribution in [0.25, 0.3) is 0 Å². The predicted molar refractivity (Wildman–Crippen MR) is 89.4 cm³/mol. The smallest absolute Gasteiger partial charge is 0.0535 e. The molecule has 1 aromatic rings. The molecule has 1 aliphatic heterocycles. The minimum Gasteiger partial charge on any atom is -0.307 e. The van der Waals surface area contributed by atoms with E-state index in [1.807, 2.05) is 0 Å². The highest BCUT2D eigenvalue weighted by molar-refractivity contribution is 5.24. The number of benzene rings is 1. The molecule has 1 saturated carbocycles. The molecule has 0 amide bonds. The summed E-state index contributed by atoms with van der Waals surface area (Å²) in [5, 5.41) is 3.81. The topological polar surface area (TPSA) is 15.3 Å². The Morgan fingerprint density at radius 3 is 2.71 bits per heavy atom. The van der Waals surface area contributed by atoms with Crippen LogP contribution < -0.4 is 5.32 Å². The molecular weight excluding hydrogens is 256 g/mol. The molecule has 3 rings (SSSR count). The second-order valence-corrected chi connectivity index (χ2v) is 7.19. The largest absolute Gasteiger partial charge is 0.307 e. The van der Waals surface area contributed by atoms with E-state index in [9.17, 15) is 0 Å². The van der Waals surface area contributed by atoms with E-state index in [0.29, 0.717) is 0 Å². The maximum absolute atomic E-state index is 3.81. The van der Waals surface area contributed by atoms with Crippen molar-refractivity contribution < 1.29 is 0 Å². The summed E-state index contributed by atoms with van der Waals surface area (Å²) in [6.07, 6.45) is 6.92. The zero-order valence-corrected chi connectivity index (χ0v) is 13.6. The van der Waals surface area contributed by atoms with Crippen LogP contribution in [-0.4, -0.2) is 30.6 Å². The zero-order valence-electron chi connectivity index (χ0n) is 13.6. The SMILES string of the molecule is CCC(CC1CC1)N1CCCNC(C)(c2ccccc2)C1. The number of rotatable bonds is 5. The predicted octanol–water partition coefficient (Wildman–Crippen LogP) is 3.78. The Balaban J connectivity index is 1.75. The van der Waals surface area contributed by atoms with E-state index < -0.39 is 0 Å². The fourth-order valence-electron chi connectivity index (χ4n) is 3.81. The van der Waals surface area contributed by atoms with Crippen molar-refractivity contribution in [2.24, 2.45) is 5.92 Å². The molecular formula is C19H30N2. The van der Waals surface area contributed by atoms with Crippen LogP contribution in [0.4, 0.5) is 0 Å². The van der Waals surface area contributed by atoms with Gasteiger partial charge in [-0.1, -0.05) is 50.1 Å². The van der Waals surface area contributed by atoms with Gasteiger partial charge >= 0.3 is 0 Å². The lowest BCUT2D eigenvalue weighted by Crippen LogP contribution is -2.49. The molecule has 1 heterocycles. The number of nitrogens with one attached hydrogen (secondary N) is 1. The first-order valence-corrected chi connectivity index (χ1v) is 8.76. The fourth-order valence-corrected chi connectivity index (χ4v) is 3.81. The van der Waals surface area contributed by atoms with Gasteiger partial charge in [0.05, 0.1) is 5.54 Å². The first-order chi connectivity index (χ1) is 10.2. The Bertz CT molecular complexity index is 440. The van der Waals surface area contributed by atoms with Gasteiger partial charge in [0.2, 0.25) is 0 Å². The van der Waals surface area contributed by atoms with Crippen molar-refractivity contribution in [2.45, 2.75) is 57.5 Å². The molecule has 21 heavy (non-hydrogen) atoms. The van der Waals surface area contributed by atoms with E-state index in [1.165, 1.54) is 44.2 Å². The van der Waals surface area contributed by atoms with Crippen molar-refractivity contribution in [3.8, 4) is 0 Å². The molecule has 1 N–H and O–H groups in total. The van der Waals surface area contributed by atoms with Gasteiger partial charge in [-0.2, -0.15) is 0 Å². The van der Waals surface area contributed by atoms with Crippen molar-refractivity contribution in [2.75, 3.05) is 19.6 Å². The van der Waals surface area contributed by atoms with Crippen LogP contribution in [0.15, 0.2) is 30.3 Å². The van der Waals surface area contributed by atoms with Gasteiger partial charge in [-0.25, -0.2) is 0 Å². The molecule has 1 aliphatic carbocycles. The summed E-state index contributed by atoms with van der Waals surface area (Å²) in [5.41, 5.74) is 1.52. The van der Waals surface area contributed by atoms with Crippen LogP contribution in [-0.2, 0) is 5.54 Å². The maximum atomic E-state index is 3.81. The third kappa shape index (κ3) is 3.67. The summed E-state index contributed by atoms with van der Waals surface area (Å²) >= 11 is 0. The van der Waals surface area contributed by atoms with Gasteiger partial charge in [-0.15, -0.1) is 0 Å². The average Bonchev–Trinajstić information content (AvgIpc) is 3.33. The Morgan fingerprint density at radius 1 is 1.29 bits per heavy atom. The van der Waals surface area contributed by atoms with Gasteiger partial charge in [0.25, 0.3) is 0 Å². The summed E-state index contributed by atoms with van der Waals surface area (Å²) < 4.78 is 0. The Labute approximate surface area is 129 Å². The van der Waals surface area contributed by atoms with E-state index in [4.69, 9.17) is 0 Å². The molecule has 2 aliphatic rings. The second-order valence-electron chi connectivity index (χ2n) is 7.19. The highest BCUT2D eigenvalue weighted by Gasteiger charge is 2.35. The molecule has 116 valence electrons. The zero-order chi connectivity index (χ0) is 14.7. The van der Waals surface area contributed by atoms with E-state index in [1.54, 1.807) is 0 Å². The Kier molecular flexibility index (Phi) is 4.66. The number of nitrogens with zero attached hydrogens (tertiary/aromatic N) is 1. The van der Waals surface area contributed by atoms with E-state index >= 15 is 0 Å². The normalized spacial score (nSPS) is 29.0. The molecule has 0 radical (unpaired) electrons. The van der Waals surface area contributed by atoms with Gasteiger partial charge in [-0.3, -0.25) is 4.90 Å². The summed E-state index contributed by atoms with van der Waals surface area (Å²) in [4.78, 5) is 2.77. The first kappa shape index (κ1) is 15.1. The quantitative estimate of drug-likeness (QED) is 0.886. The Hall–Kier alpha value is -0.860. The van der Waals surface area contributed by atoms with E-state index in [-0.39, 0.29) is 5.54 Å². The first-order valence-electron chi connectivity index (χ1n) is 8.76. The molecule has 2 unspecified atom stereocenters. The average molecular weight is 286 g/mol. The van der Waals surface area contributed by atoms with Crippen molar-refractivity contribution in [1.82, 2.24) is 10.2 Å². The maximum Gasteiger partial charge on any atom is 0.0535 e. The summed E-state index contributed by atoms with van der Waals surface area (Å²) in [6, 6.07) is 11.8. The molecule has 0 bridgehead atoms. The van der Waals surface area contributed by atoms with Crippen molar-refractivity contribution in [3.05, 3.63) is 35.9 Å². The molecule has 2 fully saturated rings. The van der Waals surface area contributed by atoms with Crippen LogP contribution in [0.2, 0.25) is 0 Å². The van der Waals surface area contributed by atoms with Crippen LogP contribution in [0, 0.1) is 5.92 Å². The third-order valence-electron chi connectivity index (χ3n) is 5.36. The summed E-state index contributed by atoms with van der Waals surface area (Å²) in [5.74, 6) is 1.02. The highest BCUT2D eigenvalue weighted by Crippen LogP contribution is 2.36. The van der Waals surface area contributed by atoms with Crippen LogP contribution in [0.3, 0.4) is 0 Å². The molecule has 2 nitrogen and oxygen atoms in total. The van der Waals surface area contributed by atoms with E-state index in [0.717, 1.165) is 25.0 Å². The minimum absolute atomic E-state index is 0.0920. The summed E-state index contributed by atoms with van der Waals surface area (Å²) in [6.45, 7) is 8.26. The summed E-state index contributed by atoms with van der Waals surface area (Å²) in [7, 11) is 0. The molecule has 2 atom stereocenters. The lowest BCUT2D eigenvalue weighted by atomic mass is 9.90. The monoisotopic (exact) mass is 286 g/mol. The number of hydrogen-bond donors (Lipinski definition) is 1. The van der Waals surface area contributed by atoms with E-state index in [2.05, 4.69) is 54.4 Å².